The van der Waals surface area contributed by atoms with E-state index in [-0.39, 0.29) is 11.2 Å². The highest BCUT2D eigenvalue weighted by Crippen LogP contribution is 2.42. The largest absolute Gasteiger partial charge is 0.390 e. The van der Waals surface area contributed by atoms with Gasteiger partial charge < -0.3 is 5.11 Å². The van der Waals surface area contributed by atoms with Gasteiger partial charge in [-0.1, -0.05) is 32.4 Å². The molecular formula is C15H21FO. The predicted molar refractivity (Wildman–Crippen MR) is 67.3 cm³/mol. The van der Waals surface area contributed by atoms with Crippen molar-refractivity contribution in [3.8, 4) is 0 Å². The van der Waals surface area contributed by atoms with Gasteiger partial charge in [-0.25, -0.2) is 4.39 Å². The molecule has 1 saturated carbocycles. The van der Waals surface area contributed by atoms with Crippen molar-refractivity contribution >= 4 is 0 Å². The Morgan fingerprint density at radius 3 is 2.71 bits per heavy atom. The Morgan fingerprint density at radius 2 is 2.06 bits per heavy atom. The van der Waals surface area contributed by atoms with E-state index in [0.717, 1.165) is 24.8 Å². The minimum Gasteiger partial charge on any atom is -0.390 e. The molecule has 1 aromatic carbocycles. The number of hydrogen-bond donors (Lipinski definition) is 1. The molecule has 0 radical (unpaired) electrons. The quantitative estimate of drug-likeness (QED) is 0.830. The monoisotopic (exact) mass is 236 g/mol. The first-order valence-electron chi connectivity index (χ1n) is 6.36. The standard InChI is InChI=1S/C15H21FO/c1-14(2)7-4-8-15(17,11-14)10-12-5-3-6-13(16)9-12/h3,5-6,9,17H,4,7-8,10-11H2,1-2H3. The highest BCUT2D eigenvalue weighted by Gasteiger charge is 2.38. The minimum atomic E-state index is -0.657. The van der Waals surface area contributed by atoms with Crippen LogP contribution in [0.3, 0.4) is 0 Å². The summed E-state index contributed by atoms with van der Waals surface area (Å²) in [4.78, 5) is 0. The number of halogens is 1. The van der Waals surface area contributed by atoms with Gasteiger partial charge in [0.15, 0.2) is 0 Å². The van der Waals surface area contributed by atoms with Crippen molar-refractivity contribution in [2.24, 2.45) is 5.41 Å². The van der Waals surface area contributed by atoms with E-state index in [1.54, 1.807) is 6.07 Å². The molecular weight excluding hydrogens is 215 g/mol. The smallest absolute Gasteiger partial charge is 0.123 e. The van der Waals surface area contributed by atoms with Crippen LogP contribution in [-0.4, -0.2) is 10.7 Å². The highest BCUT2D eigenvalue weighted by molar-refractivity contribution is 5.19. The van der Waals surface area contributed by atoms with Crippen LogP contribution in [0, 0.1) is 11.2 Å². The van der Waals surface area contributed by atoms with Gasteiger partial charge in [0.05, 0.1) is 5.60 Å². The van der Waals surface area contributed by atoms with Crippen LogP contribution < -0.4 is 0 Å². The van der Waals surface area contributed by atoms with Crippen LogP contribution in [0.2, 0.25) is 0 Å². The van der Waals surface area contributed by atoms with Gasteiger partial charge in [0.25, 0.3) is 0 Å². The molecule has 1 aliphatic carbocycles. The Bertz CT molecular complexity index is 400. The van der Waals surface area contributed by atoms with Crippen molar-refractivity contribution in [1.82, 2.24) is 0 Å². The van der Waals surface area contributed by atoms with Crippen LogP contribution >= 0.6 is 0 Å². The van der Waals surface area contributed by atoms with E-state index in [9.17, 15) is 9.50 Å². The van der Waals surface area contributed by atoms with Crippen molar-refractivity contribution in [3.05, 3.63) is 35.6 Å². The SMILES string of the molecule is CC1(C)CCCC(O)(Cc2cccc(F)c2)C1. The summed E-state index contributed by atoms with van der Waals surface area (Å²) >= 11 is 0. The van der Waals surface area contributed by atoms with E-state index in [4.69, 9.17) is 0 Å². The molecule has 2 heteroatoms. The van der Waals surface area contributed by atoms with E-state index in [0.29, 0.717) is 6.42 Å². The molecule has 1 fully saturated rings. The van der Waals surface area contributed by atoms with Gasteiger partial charge in [-0.3, -0.25) is 0 Å². The predicted octanol–water partition coefficient (Wildman–Crippen LogP) is 3.70. The van der Waals surface area contributed by atoms with Gasteiger partial charge >= 0.3 is 0 Å². The molecule has 1 aromatic rings. The van der Waals surface area contributed by atoms with Gasteiger partial charge in [-0.15, -0.1) is 0 Å². The Morgan fingerprint density at radius 1 is 1.29 bits per heavy atom. The Hall–Kier alpha value is -0.890. The van der Waals surface area contributed by atoms with Gasteiger partial charge in [0.2, 0.25) is 0 Å². The zero-order chi connectivity index (χ0) is 12.5. The first-order valence-corrected chi connectivity index (χ1v) is 6.36. The maximum absolute atomic E-state index is 13.1. The van der Waals surface area contributed by atoms with Gasteiger partial charge in [-0.2, -0.15) is 0 Å². The Balaban J connectivity index is 2.12. The molecule has 0 bridgehead atoms. The summed E-state index contributed by atoms with van der Waals surface area (Å²) in [7, 11) is 0. The molecule has 1 nitrogen and oxygen atoms in total. The summed E-state index contributed by atoms with van der Waals surface area (Å²) in [6.07, 6.45) is 4.41. The summed E-state index contributed by atoms with van der Waals surface area (Å²) in [6.45, 7) is 4.39. The lowest BCUT2D eigenvalue weighted by molar-refractivity contribution is -0.0382. The molecule has 17 heavy (non-hydrogen) atoms. The van der Waals surface area contributed by atoms with Crippen LogP contribution in [0.1, 0.15) is 45.1 Å². The topological polar surface area (TPSA) is 20.2 Å². The van der Waals surface area contributed by atoms with Gasteiger partial charge in [0.1, 0.15) is 5.82 Å². The first kappa shape index (κ1) is 12.6. The lowest BCUT2D eigenvalue weighted by Gasteiger charge is -2.41. The maximum atomic E-state index is 13.1. The molecule has 1 aliphatic rings. The zero-order valence-electron chi connectivity index (χ0n) is 10.7. The summed E-state index contributed by atoms with van der Waals surface area (Å²) in [5.74, 6) is -0.221. The molecule has 1 unspecified atom stereocenters. The van der Waals surface area contributed by atoms with Crippen LogP contribution in [0.25, 0.3) is 0 Å². The number of rotatable bonds is 2. The molecule has 2 rings (SSSR count). The normalized spacial score (nSPS) is 28.0. The van der Waals surface area contributed by atoms with Crippen LogP contribution in [0.15, 0.2) is 24.3 Å². The molecule has 94 valence electrons. The third-order valence-electron chi connectivity index (χ3n) is 3.73. The lowest BCUT2D eigenvalue weighted by atomic mass is 9.68. The van der Waals surface area contributed by atoms with Crippen molar-refractivity contribution in [1.29, 1.82) is 0 Å². The fourth-order valence-corrected chi connectivity index (χ4v) is 3.14. The van der Waals surface area contributed by atoms with Crippen molar-refractivity contribution in [2.75, 3.05) is 0 Å². The van der Waals surface area contributed by atoms with E-state index in [1.807, 2.05) is 6.07 Å². The van der Waals surface area contributed by atoms with Crippen LogP contribution in [-0.2, 0) is 6.42 Å². The Kier molecular flexibility index (Phi) is 3.26. The maximum Gasteiger partial charge on any atom is 0.123 e. The van der Waals surface area contributed by atoms with E-state index >= 15 is 0 Å². The average Bonchev–Trinajstić information content (AvgIpc) is 2.14. The van der Waals surface area contributed by atoms with Crippen LogP contribution in [0.5, 0.6) is 0 Å². The number of hydrogen-bond acceptors (Lipinski definition) is 1. The Labute approximate surface area is 103 Å². The summed E-state index contributed by atoms with van der Waals surface area (Å²) in [5.41, 5.74) is 0.431. The van der Waals surface area contributed by atoms with E-state index in [1.165, 1.54) is 18.6 Å². The van der Waals surface area contributed by atoms with Crippen molar-refractivity contribution in [3.63, 3.8) is 0 Å². The highest BCUT2D eigenvalue weighted by atomic mass is 19.1. The third-order valence-corrected chi connectivity index (χ3v) is 3.73. The van der Waals surface area contributed by atoms with E-state index < -0.39 is 5.60 Å². The third kappa shape index (κ3) is 3.29. The van der Waals surface area contributed by atoms with E-state index in [2.05, 4.69) is 13.8 Å². The zero-order valence-corrected chi connectivity index (χ0v) is 10.7. The summed E-state index contributed by atoms with van der Waals surface area (Å²) in [6, 6.07) is 6.57. The van der Waals surface area contributed by atoms with Crippen molar-refractivity contribution < 1.29 is 9.50 Å². The van der Waals surface area contributed by atoms with Gasteiger partial charge in [0, 0.05) is 6.42 Å². The lowest BCUT2D eigenvalue weighted by Crippen LogP contribution is -2.40. The second kappa shape index (κ2) is 4.41. The fourth-order valence-electron chi connectivity index (χ4n) is 3.14. The van der Waals surface area contributed by atoms with Crippen LogP contribution in [0.4, 0.5) is 4.39 Å². The second-order valence-electron chi connectivity index (χ2n) is 6.23. The van der Waals surface area contributed by atoms with Crippen molar-refractivity contribution in [2.45, 2.75) is 51.6 Å². The first-order chi connectivity index (χ1) is 7.89. The molecule has 0 aliphatic heterocycles. The molecule has 0 heterocycles. The van der Waals surface area contributed by atoms with Gasteiger partial charge in [-0.05, 0) is 42.4 Å². The molecule has 0 amide bonds. The molecule has 0 aromatic heterocycles. The number of benzene rings is 1. The molecule has 1 N–H and O–H groups in total. The summed E-state index contributed by atoms with van der Waals surface area (Å²) in [5, 5.41) is 10.6. The number of aliphatic hydroxyl groups is 1. The minimum absolute atomic E-state index is 0.195. The molecule has 0 spiro atoms. The molecule has 1 atom stereocenters. The average molecular weight is 236 g/mol. The fraction of sp³-hybridized carbons (Fsp3) is 0.600. The molecule has 0 saturated heterocycles. The summed E-state index contributed by atoms with van der Waals surface area (Å²) < 4.78 is 13.1. The second-order valence-corrected chi connectivity index (χ2v) is 6.23.